The first-order valence-corrected chi connectivity index (χ1v) is 3.60. The molecule has 0 bridgehead atoms. The maximum absolute atomic E-state index is 4.03. The number of hydrogen-bond acceptors (Lipinski definition) is 2. The van der Waals surface area contributed by atoms with Crippen LogP contribution in [0.2, 0.25) is 0 Å². The van der Waals surface area contributed by atoms with E-state index in [1.807, 2.05) is 24.3 Å². The molecule has 1 aromatic rings. The van der Waals surface area contributed by atoms with Gasteiger partial charge in [-0.3, -0.25) is 0 Å². The summed E-state index contributed by atoms with van der Waals surface area (Å²) in [5.41, 5.74) is 2.22. The van der Waals surface area contributed by atoms with Gasteiger partial charge in [0, 0.05) is 6.42 Å². The van der Waals surface area contributed by atoms with Crippen molar-refractivity contribution in [2.45, 2.75) is 6.42 Å². The molecule has 0 saturated heterocycles. The van der Waals surface area contributed by atoms with Crippen molar-refractivity contribution >= 4 is 6.08 Å². The molecule has 1 heterocycles. The van der Waals surface area contributed by atoms with Gasteiger partial charge in [-0.25, -0.2) is 0 Å². The van der Waals surface area contributed by atoms with E-state index >= 15 is 0 Å². The number of rotatable bonds is 0. The Kier molecular flexibility index (Phi) is 1.52. The molecule has 0 unspecified atom stereocenters. The van der Waals surface area contributed by atoms with Crippen molar-refractivity contribution in [2.75, 3.05) is 0 Å². The van der Waals surface area contributed by atoms with Crippen LogP contribution in [0.5, 0.6) is 0 Å². The van der Waals surface area contributed by atoms with Crippen LogP contribution in [0.3, 0.4) is 0 Å². The second kappa shape index (κ2) is 2.66. The molecule has 0 atom stereocenters. The third kappa shape index (κ3) is 1.19. The number of fused-ring (bicyclic) bond motifs is 1. The summed E-state index contributed by atoms with van der Waals surface area (Å²) in [6, 6.07) is 1.98. The first kappa shape index (κ1) is 6.28. The average molecular weight is 144 g/mol. The third-order valence-electron chi connectivity index (χ3n) is 1.67. The Morgan fingerprint density at radius 1 is 1.27 bits per heavy atom. The minimum Gasteiger partial charge on any atom is -0.159 e. The molecule has 0 radical (unpaired) electrons. The van der Waals surface area contributed by atoms with Gasteiger partial charge in [0.25, 0.3) is 0 Å². The zero-order valence-electron chi connectivity index (χ0n) is 6.07. The molecule has 1 aliphatic carbocycles. The molecule has 0 aromatic carbocycles. The molecule has 0 amide bonds. The number of nitrogens with zero attached hydrogens (tertiary/aromatic N) is 2. The molecule has 0 N–H and O–H groups in total. The van der Waals surface area contributed by atoms with Crippen molar-refractivity contribution in [2.24, 2.45) is 0 Å². The lowest BCUT2D eigenvalue weighted by Gasteiger charge is -1.96. The molecule has 1 aromatic heterocycles. The van der Waals surface area contributed by atoms with Crippen molar-refractivity contribution in [1.29, 1.82) is 0 Å². The minimum atomic E-state index is 0.885. The normalized spacial score (nSPS) is 14.2. The van der Waals surface area contributed by atoms with E-state index in [2.05, 4.69) is 16.3 Å². The molecule has 0 spiro atoms. The van der Waals surface area contributed by atoms with E-state index in [0.717, 1.165) is 12.1 Å². The van der Waals surface area contributed by atoms with Crippen molar-refractivity contribution in [3.63, 3.8) is 0 Å². The van der Waals surface area contributed by atoms with Crippen molar-refractivity contribution in [1.82, 2.24) is 10.2 Å². The van der Waals surface area contributed by atoms with E-state index in [0.29, 0.717) is 0 Å². The molecule has 0 fully saturated rings. The highest BCUT2D eigenvalue weighted by molar-refractivity contribution is 5.54. The lowest BCUT2D eigenvalue weighted by atomic mass is 10.2. The lowest BCUT2D eigenvalue weighted by Crippen LogP contribution is -1.92. The fourth-order valence-corrected chi connectivity index (χ4v) is 1.10. The van der Waals surface area contributed by atoms with Gasteiger partial charge in [-0.2, -0.15) is 10.2 Å². The highest BCUT2D eigenvalue weighted by Crippen LogP contribution is 2.10. The highest BCUT2D eigenvalue weighted by atomic mass is 15.1. The Hall–Kier alpha value is -1.44. The largest absolute Gasteiger partial charge is 0.159 e. The Morgan fingerprint density at radius 3 is 3.27 bits per heavy atom. The highest BCUT2D eigenvalue weighted by Gasteiger charge is 1.99. The molecule has 0 aliphatic heterocycles. The van der Waals surface area contributed by atoms with Crippen molar-refractivity contribution in [3.05, 3.63) is 41.7 Å². The van der Waals surface area contributed by atoms with Crippen LogP contribution in [0.1, 0.15) is 11.3 Å². The van der Waals surface area contributed by atoms with Gasteiger partial charge >= 0.3 is 0 Å². The van der Waals surface area contributed by atoms with Crippen LogP contribution in [0, 0.1) is 0 Å². The predicted octanol–water partition coefficient (Wildman–Crippen LogP) is 1.60. The van der Waals surface area contributed by atoms with Crippen LogP contribution in [-0.4, -0.2) is 10.2 Å². The van der Waals surface area contributed by atoms with Gasteiger partial charge in [0.05, 0.1) is 11.9 Å². The second-order valence-electron chi connectivity index (χ2n) is 2.42. The van der Waals surface area contributed by atoms with E-state index in [9.17, 15) is 0 Å². The van der Waals surface area contributed by atoms with Crippen LogP contribution in [0.4, 0.5) is 0 Å². The van der Waals surface area contributed by atoms with Gasteiger partial charge in [0.1, 0.15) is 0 Å². The van der Waals surface area contributed by atoms with Gasteiger partial charge in [-0.05, 0) is 11.6 Å². The summed E-state index contributed by atoms with van der Waals surface area (Å²) in [6.45, 7) is 0. The summed E-state index contributed by atoms with van der Waals surface area (Å²) in [6.07, 6.45) is 10.8. The molecular weight excluding hydrogens is 136 g/mol. The van der Waals surface area contributed by atoms with E-state index in [-0.39, 0.29) is 0 Å². The van der Waals surface area contributed by atoms with E-state index in [1.54, 1.807) is 6.20 Å². The molecule has 0 saturated carbocycles. The van der Waals surface area contributed by atoms with Crippen molar-refractivity contribution in [3.8, 4) is 0 Å². The molecule has 2 nitrogen and oxygen atoms in total. The van der Waals surface area contributed by atoms with Gasteiger partial charge in [0.15, 0.2) is 0 Å². The van der Waals surface area contributed by atoms with Crippen LogP contribution in [-0.2, 0) is 6.42 Å². The van der Waals surface area contributed by atoms with Crippen LogP contribution in [0.15, 0.2) is 30.5 Å². The summed E-state index contributed by atoms with van der Waals surface area (Å²) in [7, 11) is 0. The van der Waals surface area contributed by atoms with Crippen LogP contribution in [0.25, 0.3) is 6.08 Å². The monoisotopic (exact) mass is 144 g/mol. The Bertz CT molecular complexity index is 313. The summed E-state index contributed by atoms with van der Waals surface area (Å²) in [5, 5.41) is 7.85. The fourth-order valence-electron chi connectivity index (χ4n) is 1.10. The molecule has 11 heavy (non-hydrogen) atoms. The summed E-state index contributed by atoms with van der Waals surface area (Å²) >= 11 is 0. The Labute approximate surface area is 65.3 Å². The smallest absolute Gasteiger partial charge is 0.0740 e. The predicted molar refractivity (Wildman–Crippen MR) is 43.9 cm³/mol. The maximum Gasteiger partial charge on any atom is 0.0740 e. The molecule has 2 heteroatoms. The zero-order valence-corrected chi connectivity index (χ0v) is 6.07. The topological polar surface area (TPSA) is 25.8 Å². The minimum absolute atomic E-state index is 0.885. The zero-order chi connectivity index (χ0) is 7.52. The van der Waals surface area contributed by atoms with Crippen LogP contribution < -0.4 is 0 Å². The first-order valence-electron chi connectivity index (χ1n) is 3.60. The average Bonchev–Trinajstić information content (AvgIpc) is 2.28. The van der Waals surface area contributed by atoms with Gasteiger partial charge in [-0.15, -0.1) is 0 Å². The van der Waals surface area contributed by atoms with Gasteiger partial charge in [0.2, 0.25) is 0 Å². The quantitative estimate of drug-likeness (QED) is 0.552. The lowest BCUT2D eigenvalue weighted by molar-refractivity contribution is 0.945. The fraction of sp³-hybridized carbons (Fsp3) is 0.111. The SMILES string of the molecule is C1=CCc2nnccc2C=C1. The maximum atomic E-state index is 4.03. The summed E-state index contributed by atoms with van der Waals surface area (Å²) < 4.78 is 0. The summed E-state index contributed by atoms with van der Waals surface area (Å²) in [5.74, 6) is 0. The Balaban J connectivity index is 2.52. The molecule has 2 rings (SSSR count). The van der Waals surface area contributed by atoms with Crippen LogP contribution >= 0.6 is 0 Å². The number of hydrogen-bond donors (Lipinski definition) is 0. The van der Waals surface area contributed by atoms with Crippen molar-refractivity contribution < 1.29 is 0 Å². The third-order valence-corrected chi connectivity index (χ3v) is 1.67. The Morgan fingerprint density at radius 2 is 2.27 bits per heavy atom. The molecular formula is C9H8N2. The summed E-state index contributed by atoms with van der Waals surface area (Å²) in [4.78, 5) is 0. The van der Waals surface area contributed by atoms with E-state index < -0.39 is 0 Å². The van der Waals surface area contributed by atoms with Gasteiger partial charge in [-0.1, -0.05) is 24.3 Å². The standard InChI is InChI=1S/C9H8N2/c1-2-4-8-6-7-10-11-9(8)5-3-1/h1-4,6-7H,5H2. The van der Waals surface area contributed by atoms with Gasteiger partial charge < -0.3 is 0 Å². The van der Waals surface area contributed by atoms with E-state index in [1.165, 1.54) is 5.56 Å². The number of aromatic nitrogens is 2. The molecule has 1 aliphatic rings. The second-order valence-corrected chi connectivity index (χ2v) is 2.42. The van der Waals surface area contributed by atoms with E-state index in [4.69, 9.17) is 0 Å². The number of allylic oxidation sites excluding steroid dienone is 3. The first-order chi connectivity index (χ1) is 5.47. The molecule has 54 valence electrons.